The number of furan rings is 1. The molecule has 0 spiro atoms. The van der Waals surface area contributed by atoms with Crippen molar-refractivity contribution in [3.8, 4) is 0 Å². The lowest BCUT2D eigenvalue weighted by Crippen LogP contribution is -2.04. The van der Waals surface area contributed by atoms with Crippen LogP contribution in [0.1, 0.15) is 17.4 Å². The first-order chi connectivity index (χ1) is 7.18. The topological polar surface area (TPSA) is 46.3 Å². The molecule has 15 heavy (non-hydrogen) atoms. The minimum Gasteiger partial charge on any atom is -0.466 e. The molecule has 0 saturated carbocycles. The third-order valence-electron chi connectivity index (χ3n) is 1.95. The van der Waals surface area contributed by atoms with E-state index >= 15 is 0 Å². The predicted octanol–water partition coefficient (Wildman–Crippen LogP) is 2.03. The summed E-state index contributed by atoms with van der Waals surface area (Å²) in [5.41, 5.74) is -0.119. The van der Waals surface area contributed by atoms with Crippen molar-refractivity contribution in [3.63, 3.8) is 0 Å². The van der Waals surface area contributed by atoms with Crippen molar-refractivity contribution in [2.45, 2.75) is 6.10 Å². The molecule has 2 aromatic heterocycles. The highest BCUT2D eigenvalue weighted by Crippen LogP contribution is 2.23. The van der Waals surface area contributed by atoms with Crippen LogP contribution in [-0.2, 0) is 0 Å². The summed E-state index contributed by atoms with van der Waals surface area (Å²) < 4.78 is 30.5. The third-order valence-corrected chi connectivity index (χ3v) is 1.95. The van der Waals surface area contributed by atoms with Crippen LogP contribution in [0.2, 0.25) is 0 Å². The van der Waals surface area contributed by atoms with Gasteiger partial charge in [0, 0.05) is 5.56 Å². The number of hydrogen-bond donors (Lipinski definition) is 1. The van der Waals surface area contributed by atoms with Crippen LogP contribution in [0.5, 0.6) is 0 Å². The largest absolute Gasteiger partial charge is 0.466 e. The number of pyridine rings is 1. The first-order valence-corrected chi connectivity index (χ1v) is 4.22. The van der Waals surface area contributed by atoms with Gasteiger partial charge in [-0.2, -0.15) is 13.8 Å². The summed E-state index contributed by atoms with van der Waals surface area (Å²) in [6.45, 7) is 0. The Morgan fingerprint density at radius 2 is 2.07 bits per heavy atom. The van der Waals surface area contributed by atoms with Gasteiger partial charge in [0.25, 0.3) is 0 Å². The molecular formula is C10H7F2NO2. The van der Waals surface area contributed by atoms with Gasteiger partial charge in [-0.05, 0) is 24.3 Å². The summed E-state index contributed by atoms with van der Waals surface area (Å²) >= 11 is 0. The Bertz CT molecular complexity index is 456. The molecule has 1 unspecified atom stereocenters. The predicted molar refractivity (Wildman–Crippen MR) is 46.9 cm³/mol. The van der Waals surface area contributed by atoms with E-state index in [0.717, 1.165) is 12.1 Å². The van der Waals surface area contributed by atoms with Crippen LogP contribution in [0.25, 0.3) is 0 Å². The summed E-state index contributed by atoms with van der Waals surface area (Å²) in [6.07, 6.45) is 0.0843. The Morgan fingerprint density at radius 1 is 1.27 bits per heavy atom. The second-order valence-corrected chi connectivity index (χ2v) is 2.93. The van der Waals surface area contributed by atoms with E-state index in [1.54, 1.807) is 6.07 Å². The van der Waals surface area contributed by atoms with E-state index in [0.29, 0.717) is 0 Å². The molecule has 0 aliphatic rings. The maximum Gasteiger partial charge on any atom is 0.221 e. The number of aromatic nitrogens is 1. The molecule has 2 aromatic rings. The summed E-state index contributed by atoms with van der Waals surface area (Å²) in [7, 11) is 0. The molecule has 0 aliphatic heterocycles. The van der Waals surface area contributed by atoms with Crippen LogP contribution in [-0.4, -0.2) is 10.1 Å². The lowest BCUT2D eigenvalue weighted by Gasteiger charge is -2.07. The molecule has 2 heterocycles. The molecular weight excluding hydrogens is 204 g/mol. The molecule has 5 heteroatoms. The highest BCUT2D eigenvalue weighted by atomic mass is 19.1. The summed E-state index contributed by atoms with van der Waals surface area (Å²) in [4.78, 5) is 2.97. The standard InChI is InChI=1S/C10H7F2NO2/c11-8-4-3-6(10(12)13-8)9(14)7-2-1-5-15-7/h1-5,9,14H. The fraction of sp³-hybridized carbons (Fsp3) is 0.100. The van der Waals surface area contributed by atoms with E-state index in [1.165, 1.54) is 12.3 Å². The molecule has 0 aromatic carbocycles. The fourth-order valence-electron chi connectivity index (χ4n) is 1.23. The molecule has 2 rings (SSSR count). The van der Waals surface area contributed by atoms with Crippen molar-refractivity contribution in [2.24, 2.45) is 0 Å². The van der Waals surface area contributed by atoms with Crippen LogP contribution >= 0.6 is 0 Å². The molecule has 0 aliphatic carbocycles. The Balaban J connectivity index is 2.38. The number of nitrogens with zero attached hydrogens (tertiary/aromatic N) is 1. The lowest BCUT2D eigenvalue weighted by atomic mass is 10.1. The molecule has 1 atom stereocenters. The maximum atomic E-state index is 13.1. The van der Waals surface area contributed by atoms with E-state index < -0.39 is 18.0 Å². The Kier molecular flexibility index (Phi) is 2.47. The zero-order valence-corrected chi connectivity index (χ0v) is 7.52. The zero-order valence-electron chi connectivity index (χ0n) is 7.52. The second-order valence-electron chi connectivity index (χ2n) is 2.93. The average molecular weight is 211 g/mol. The van der Waals surface area contributed by atoms with Gasteiger partial charge in [-0.15, -0.1) is 0 Å². The van der Waals surface area contributed by atoms with Crippen LogP contribution in [0.3, 0.4) is 0 Å². The van der Waals surface area contributed by atoms with E-state index in [1.807, 2.05) is 0 Å². The quantitative estimate of drug-likeness (QED) is 0.773. The molecule has 0 saturated heterocycles. The highest BCUT2D eigenvalue weighted by Gasteiger charge is 2.18. The monoisotopic (exact) mass is 211 g/mol. The number of aliphatic hydroxyl groups excluding tert-OH is 1. The van der Waals surface area contributed by atoms with E-state index in [-0.39, 0.29) is 11.3 Å². The highest BCUT2D eigenvalue weighted by molar-refractivity contribution is 5.22. The lowest BCUT2D eigenvalue weighted by molar-refractivity contribution is 0.183. The molecule has 78 valence electrons. The van der Waals surface area contributed by atoms with Crippen molar-refractivity contribution in [2.75, 3.05) is 0 Å². The van der Waals surface area contributed by atoms with Gasteiger partial charge in [-0.25, -0.2) is 0 Å². The first kappa shape index (κ1) is 9.79. The minimum atomic E-state index is -1.27. The third kappa shape index (κ3) is 1.87. The minimum absolute atomic E-state index is 0.119. The van der Waals surface area contributed by atoms with E-state index in [4.69, 9.17) is 4.42 Å². The average Bonchev–Trinajstić information content (AvgIpc) is 2.69. The van der Waals surface area contributed by atoms with Gasteiger partial charge in [-0.1, -0.05) is 0 Å². The fourth-order valence-corrected chi connectivity index (χ4v) is 1.23. The van der Waals surface area contributed by atoms with Gasteiger partial charge >= 0.3 is 0 Å². The smallest absolute Gasteiger partial charge is 0.221 e. The van der Waals surface area contributed by atoms with Crippen LogP contribution in [0.15, 0.2) is 34.9 Å². The Morgan fingerprint density at radius 3 is 2.67 bits per heavy atom. The van der Waals surface area contributed by atoms with Gasteiger partial charge in [0.05, 0.1) is 6.26 Å². The number of hydrogen-bond acceptors (Lipinski definition) is 3. The van der Waals surface area contributed by atoms with Crippen LogP contribution in [0, 0.1) is 11.9 Å². The molecule has 0 radical (unpaired) electrons. The maximum absolute atomic E-state index is 13.1. The number of halogens is 2. The van der Waals surface area contributed by atoms with Crippen molar-refractivity contribution in [1.29, 1.82) is 0 Å². The van der Waals surface area contributed by atoms with Crippen molar-refractivity contribution in [1.82, 2.24) is 4.98 Å². The van der Waals surface area contributed by atoms with Crippen molar-refractivity contribution >= 4 is 0 Å². The van der Waals surface area contributed by atoms with E-state index in [9.17, 15) is 13.9 Å². The molecule has 0 bridgehead atoms. The first-order valence-electron chi connectivity index (χ1n) is 4.22. The van der Waals surface area contributed by atoms with E-state index in [2.05, 4.69) is 4.98 Å². The summed E-state index contributed by atoms with van der Waals surface area (Å²) in [5, 5.41) is 9.66. The molecule has 0 amide bonds. The van der Waals surface area contributed by atoms with Gasteiger partial charge in [0.1, 0.15) is 11.9 Å². The molecule has 3 nitrogen and oxygen atoms in total. The number of aliphatic hydroxyl groups is 1. The Hall–Kier alpha value is -1.75. The second kappa shape index (κ2) is 3.78. The molecule has 0 fully saturated rings. The zero-order chi connectivity index (χ0) is 10.8. The summed E-state index contributed by atoms with van der Waals surface area (Å²) in [5.74, 6) is -1.79. The van der Waals surface area contributed by atoms with Crippen LogP contribution < -0.4 is 0 Å². The number of rotatable bonds is 2. The van der Waals surface area contributed by atoms with Gasteiger partial charge in [0.2, 0.25) is 11.9 Å². The van der Waals surface area contributed by atoms with Crippen molar-refractivity contribution in [3.05, 3.63) is 53.7 Å². The Labute approximate surface area is 84.0 Å². The molecule has 1 N–H and O–H groups in total. The van der Waals surface area contributed by atoms with Gasteiger partial charge < -0.3 is 9.52 Å². The van der Waals surface area contributed by atoms with Gasteiger partial charge in [-0.3, -0.25) is 0 Å². The van der Waals surface area contributed by atoms with Crippen molar-refractivity contribution < 1.29 is 18.3 Å². The summed E-state index contributed by atoms with van der Waals surface area (Å²) in [6, 6.07) is 5.16. The van der Waals surface area contributed by atoms with Gasteiger partial charge in [0.15, 0.2) is 0 Å². The SMILES string of the molecule is OC(c1ccco1)c1ccc(F)nc1F. The van der Waals surface area contributed by atoms with Crippen LogP contribution in [0.4, 0.5) is 8.78 Å². The normalized spacial score (nSPS) is 12.7.